The first kappa shape index (κ1) is 20.9. The molecule has 146 valence electrons. The second-order valence-electron chi connectivity index (χ2n) is 7.97. The summed E-state index contributed by atoms with van der Waals surface area (Å²) in [5, 5.41) is 22.2. The van der Waals surface area contributed by atoms with Crippen molar-refractivity contribution in [3.8, 4) is 0 Å². The highest BCUT2D eigenvalue weighted by Gasteiger charge is 2.51. The molecule has 2 N–H and O–H groups in total. The maximum Gasteiger partial charge on any atom is 0.261 e. The van der Waals surface area contributed by atoms with Crippen LogP contribution in [0.5, 0.6) is 0 Å². The summed E-state index contributed by atoms with van der Waals surface area (Å²) in [6, 6.07) is 20.8. The van der Waals surface area contributed by atoms with Gasteiger partial charge in [0.05, 0.1) is 16.6 Å². The lowest BCUT2D eigenvalue weighted by Gasteiger charge is -2.43. The van der Waals surface area contributed by atoms with Gasteiger partial charge in [0.15, 0.2) is 6.29 Å². The highest BCUT2D eigenvalue weighted by molar-refractivity contribution is 14.1. The number of aliphatic hydroxyl groups excluding tert-OH is 2. The maximum atomic E-state index is 10.0. The van der Waals surface area contributed by atoms with Crippen LogP contribution in [0.15, 0.2) is 60.7 Å². The molecule has 4 nitrogen and oxygen atoms in total. The molecule has 3 rings (SSSR count). The first-order chi connectivity index (χ1) is 12.8. The summed E-state index contributed by atoms with van der Waals surface area (Å²) >= 11 is 2.14. The van der Waals surface area contributed by atoms with Crippen molar-refractivity contribution in [2.24, 2.45) is 0 Å². The standard InChI is InChI=1S/C21H27IO4Si/c1-21(2,3)27(15-10-6-4-7-11-15,16-12-8-5-9-13-16)25-14-17-18(22)19(23)20(24)26-17/h4-13,17-20,23-24H,14H2,1-3H3/t17-,18-,19-,20?/m1/s1. The Morgan fingerprint density at radius 1 is 0.963 bits per heavy atom. The molecule has 0 aromatic heterocycles. The zero-order valence-corrected chi connectivity index (χ0v) is 19.0. The van der Waals surface area contributed by atoms with E-state index in [4.69, 9.17) is 9.16 Å². The molecule has 0 saturated carbocycles. The SMILES string of the molecule is CC(C)(C)[Si](OC[C@H]1OC(O)[C@H](O)[C@@H]1I)(c1ccccc1)c1ccccc1. The molecule has 1 unspecified atom stereocenters. The third-order valence-corrected chi connectivity index (χ3v) is 11.7. The van der Waals surface area contributed by atoms with Crippen molar-refractivity contribution in [3.05, 3.63) is 60.7 Å². The van der Waals surface area contributed by atoms with Crippen molar-refractivity contribution >= 4 is 41.3 Å². The molecule has 1 aliphatic heterocycles. The lowest BCUT2D eigenvalue weighted by Crippen LogP contribution is -2.67. The number of ether oxygens (including phenoxy) is 1. The molecule has 0 spiro atoms. The van der Waals surface area contributed by atoms with E-state index in [1.165, 1.54) is 10.4 Å². The molecule has 0 amide bonds. The van der Waals surface area contributed by atoms with Crippen molar-refractivity contribution in [2.75, 3.05) is 6.61 Å². The average Bonchev–Trinajstić information content (AvgIpc) is 2.90. The number of hydrogen-bond donors (Lipinski definition) is 2. The van der Waals surface area contributed by atoms with Crippen molar-refractivity contribution in [2.45, 2.75) is 48.2 Å². The van der Waals surface area contributed by atoms with Gasteiger partial charge in [-0.2, -0.15) is 0 Å². The Morgan fingerprint density at radius 3 is 1.81 bits per heavy atom. The molecule has 2 aromatic carbocycles. The first-order valence-corrected chi connectivity index (χ1v) is 12.3. The van der Waals surface area contributed by atoms with Crippen LogP contribution in [0.2, 0.25) is 5.04 Å². The Labute approximate surface area is 175 Å². The van der Waals surface area contributed by atoms with Crippen molar-refractivity contribution in [1.29, 1.82) is 0 Å². The minimum atomic E-state index is -2.64. The van der Waals surface area contributed by atoms with E-state index in [1.54, 1.807) is 0 Å². The summed E-state index contributed by atoms with van der Waals surface area (Å²) in [5.74, 6) is 0. The van der Waals surface area contributed by atoms with Gasteiger partial charge in [-0.3, -0.25) is 0 Å². The smallest absolute Gasteiger partial charge is 0.261 e. The van der Waals surface area contributed by atoms with Crippen molar-refractivity contribution in [1.82, 2.24) is 0 Å². The lowest BCUT2D eigenvalue weighted by molar-refractivity contribution is -0.132. The zero-order chi connectivity index (χ0) is 19.7. The number of alkyl halides is 1. The molecule has 4 atom stereocenters. The molecule has 27 heavy (non-hydrogen) atoms. The van der Waals surface area contributed by atoms with Gasteiger partial charge in [0.1, 0.15) is 6.10 Å². The van der Waals surface area contributed by atoms with Crippen molar-refractivity contribution in [3.63, 3.8) is 0 Å². The summed E-state index contributed by atoms with van der Waals surface area (Å²) < 4.78 is 12.2. The summed E-state index contributed by atoms with van der Waals surface area (Å²) in [7, 11) is -2.64. The summed E-state index contributed by atoms with van der Waals surface area (Å²) in [4.78, 5) is 0. The molecule has 1 heterocycles. The van der Waals surface area contributed by atoms with E-state index in [2.05, 4.69) is 91.9 Å². The van der Waals surface area contributed by atoms with E-state index in [-0.39, 0.29) is 15.1 Å². The third kappa shape index (κ3) is 4.01. The largest absolute Gasteiger partial charge is 0.405 e. The third-order valence-electron chi connectivity index (χ3n) is 5.17. The maximum absolute atomic E-state index is 10.0. The number of rotatable bonds is 5. The molecular weight excluding hydrogens is 471 g/mol. The molecule has 1 aliphatic rings. The molecular formula is C21H27IO4Si. The van der Waals surface area contributed by atoms with Gasteiger partial charge in [-0.05, 0) is 15.4 Å². The van der Waals surface area contributed by atoms with Gasteiger partial charge in [0.2, 0.25) is 0 Å². The Balaban J connectivity index is 2.02. The highest BCUT2D eigenvalue weighted by atomic mass is 127. The summed E-state index contributed by atoms with van der Waals surface area (Å²) in [6.07, 6.45) is -2.39. The lowest BCUT2D eigenvalue weighted by atomic mass is 10.2. The number of halogens is 1. The Morgan fingerprint density at radius 2 is 1.44 bits per heavy atom. The van der Waals surface area contributed by atoms with Gasteiger partial charge in [-0.15, -0.1) is 0 Å². The van der Waals surface area contributed by atoms with Gasteiger partial charge in [0, 0.05) is 0 Å². The molecule has 0 bridgehead atoms. The zero-order valence-electron chi connectivity index (χ0n) is 15.9. The van der Waals surface area contributed by atoms with Crippen LogP contribution in [-0.4, -0.2) is 47.6 Å². The Bertz CT molecular complexity index is 695. The predicted octanol–water partition coefficient (Wildman–Crippen LogP) is 2.44. The fourth-order valence-electron chi connectivity index (χ4n) is 3.81. The van der Waals surface area contributed by atoms with Crippen LogP contribution in [0, 0.1) is 0 Å². The summed E-state index contributed by atoms with van der Waals surface area (Å²) in [5.41, 5.74) is 0. The molecule has 6 heteroatoms. The second-order valence-corrected chi connectivity index (χ2v) is 13.7. The predicted molar refractivity (Wildman–Crippen MR) is 118 cm³/mol. The van der Waals surface area contributed by atoms with E-state index in [9.17, 15) is 10.2 Å². The van der Waals surface area contributed by atoms with Crippen LogP contribution in [-0.2, 0) is 9.16 Å². The normalized spacial score (nSPS) is 26.3. The minimum Gasteiger partial charge on any atom is -0.405 e. The van der Waals surface area contributed by atoms with Crippen LogP contribution in [0.1, 0.15) is 20.8 Å². The molecule has 0 radical (unpaired) electrons. The second kappa shape index (κ2) is 8.30. The van der Waals surface area contributed by atoms with Gasteiger partial charge >= 0.3 is 0 Å². The van der Waals surface area contributed by atoms with Gasteiger partial charge in [-0.1, -0.05) is 104 Å². The fourth-order valence-corrected chi connectivity index (χ4v) is 9.11. The average molecular weight is 498 g/mol. The van der Waals surface area contributed by atoms with E-state index in [1.807, 2.05) is 12.1 Å². The van der Waals surface area contributed by atoms with Crippen LogP contribution in [0.25, 0.3) is 0 Å². The van der Waals surface area contributed by atoms with Gasteiger partial charge in [0.25, 0.3) is 8.32 Å². The quantitative estimate of drug-likeness (QED) is 0.378. The van der Waals surface area contributed by atoms with Gasteiger partial charge in [-0.25, -0.2) is 0 Å². The van der Waals surface area contributed by atoms with Crippen LogP contribution >= 0.6 is 22.6 Å². The summed E-state index contributed by atoms with van der Waals surface area (Å²) in [6.45, 7) is 6.99. The monoisotopic (exact) mass is 498 g/mol. The van der Waals surface area contributed by atoms with E-state index >= 15 is 0 Å². The van der Waals surface area contributed by atoms with E-state index in [0.29, 0.717) is 6.61 Å². The Hall–Kier alpha value is -0.773. The number of hydrogen-bond acceptors (Lipinski definition) is 4. The van der Waals surface area contributed by atoms with Gasteiger partial charge < -0.3 is 19.4 Å². The number of aliphatic hydroxyl groups is 2. The minimum absolute atomic E-state index is 0.119. The van der Waals surface area contributed by atoms with Crippen LogP contribution in [0.4, 0.5) is 0 Å². The molecule has 1 fully saturated rings. The Kier molecular flexibility index (Phi) is 6.44. The van der Waals surface area contributed by atoms with Crippen LogP contribution in [0.3, 0.4) is 0 Å². The van der Waals surface area contributed by atoms with Crippen molar-refractivity contribution < 1.29 is 19.4 Å². The fraction of sp³-hybridized carbons (Fsp3) is 0.429. The van der Waals surface area contributed by atoms with E-state index in [0.717, 1.165) is 0 Å². The van der Waals surface area contributed by atoms with Crippen LogP contribution < -0.4 is 10.4 Å². The molecule has 0 aliphatic carbocycles. The van der Waals surface area contributed by atoms with E-state index < -0.39 is 20.7 Å². The molecule has 2 aromatic rings. The highest BCUT2D eigenvalue weighted by Crippen LogP contribution is 2.37. The topological polar surface area (TPSA) is 58.9 Å². The molecule has 1 saturated heterocycles. The number of benzene rings is 2. The first-order valence-electron chi connectivity index (χ1n) is 9.18.